The van der Waals surface area contributed by atoms with Gasteiger partial charge in [0.05, 0.1) is 25.6 Å². The summed E-state index contributed by atoms with van der Waals surface area (Å²) in [6, 6.07) is 11.6. The fourth-order valence-corrected chi connectivity index (χ4v) is 4.28. The highest BCUT2D eigenvalue weighted by atomic mass is 16.5. The van der Waals surface area contributed by atoms with Gasteiger partial charge in [-0.05, 0) is 59.7 Å². The third kappa shape index (κ3) is 4.01. The molecule has 2 aromatic heterocycles. The predicted molar refractivity (Wildman–Crippen MR) is 132 cm³/mol. The molecule has 0 spiro atoms. The number of aromatic hydroxyl groups is 1. The van der Waals surface area contributed by atoms with Crippen LogP contribution in [0.2, 0.25) is 0 Å². The van der Waals surface area contributed by atoms with Crippen molar-refractivity contribution in [2.45, 2.75) is 46.5 Å². The van der Waals surface area contributed by atoms with E-state index < -0.39 is 0 Å². The van der Waals surface area contributed by atoms with Crippen LogP contribution in [0, 0.1) is 6.92 Å². The number of methoxy groups -OCH3 is 2. The first kappa shape index (κ1) is 22.6. The molecule has 0 radical (unpaired) electrons. The summed E-state index contributed by atoms with van der Waals surface area (Å²) in [5, 5.41) is 15.6. The van der Waals surface area contributed by atoms with E-state index in [2.05, 4.69) is 44.8 Å². The molecule has 0 atom stereocenters. The van der Waals surface area contributed by atoms with Crippen molar-refractivity contribution in [3.05, 3.63) is 59.4 Å². The van der Waals surface area contributed by atoms with E-state index >= 15 is 0 Å². The van der Waals surface area contributed by atoms with Crippen LogP contribution in [0.15, 0.2) is 42.6 Å². The molecule has 2 aromatic carbocycles. The Morgan fingerprint density at radius 1 is 0.879 bits per heavy atom. The lowest BCUT2D eigenvalue weighted by molar-refractivity contribution is 0.400. The van der Waals surface area contributed by atoms with Crippen LogP contribution >= 0.6 is 0 Å². The smallest absolute Gasteiger partial charge is 0.155 e. The van der Waals surface area contributed by atoms with E-state index in [0.717, 1.165) is 45.0 Å². The Balaban J connectivity index is 2.08. The predicted octanol–water partition coefficient (Wildman–Crippen LogP) is 6.34. The third-order valence-corrected chi connectivity index (χ3v) is 5.97. The second-order valence-corrected chi connectivity index (χ2v) is 8.96. The maximum absolute atomic E-state index is 10.9. The number of aromatic nitrogens is 3. The lowest BCUT2D eigenvalue weighted by atomic mass is 9.88. The number of phenolic OH excluding ortho intramolecular Hbond substituents is 1. The molecule has 0 amide bonds. The van der Waals surface area contributed by atoms with Gasteiger partial charge in [0.25, 0.3) is 0 Å². The Morgan fingerprint density at radius 3 is 2.09 bits per heavy atom. The van der Waals surface area contributed by atoms with Gasteiger partial charge in [0.15, 0.2) is 5.65 Å². The molecule has 2 heterocycles. The number of rotatable bonds is 6. The second kappa shape index (κ2) is 8.77. The number of fused-ring (bicyclic) bond motifs is 1. The Morgan fingerprint density at radius 2 is 1.55 bits per heavy atom. The van der Waals surface area contributed by atoms with Gasteiger partial charge in [-0.1, -0.05) is 27.7 Å². The van der Waals surface area contributed by atoms with Crippen molar-refractivity contribution in [2.75, 3.05) is 14.2 Å². The summed E-state index contributed by atoms with van der Waals surface area (Å²) in [6.45, 7) is 10.6. The van der Waals surface area contributed by atoms with Crippen LogP contribution < -0.4 is 9.47 Å². The third-order valence-electron chi connectivity index (χ3n) is 5.97. The van der Waals surface area contributed by atoms with Crippen LogP contribution in [0.1, 0.15) is 56.4 Å². The lowest BCUT2D eigenvalue weighted by Gasteiger charge is -2.21. The van der Waals surface area contributed by atoms with E-state index in [1.165, 1.54) is 0 Å². The highest BCUT2D eigenvalue weighted by molar-refractivity contribution is 5.85. The summed E-state index contributed by atoms with van der Waals surface area (Å²) in [7, 11) is 3.31. The molecular weight excluding hydrogens is 414 g/mol. The van der Waals surface area contributed by atoms with Crippen LogP contribution in [0.4, 0.5) is 0 Å². The average molecular weight is 446 g/mol. The van der Waals surface area contributed by atoms with Crippen LogP contribution in [0.5, 0.6) is 17.2 Å². The zero-order valence-corrected chi connectivity index (χ0v) is 20.3. The van der Waals surface area contributed by atoms with Crippen molar-refractivity contribution in [1.29, 1.82) is 0 Å². The van der Waals surface area contributed by atoms with Gasteiger partial charge in [0.2, 0.25) is 0 Å². The molecule has 0 saturated carbocycles. The van der Waals surface area contributed by atoms with E-state index in [1.807, 2.05) is 31.3 Å². The summed E-state index contributed by atoms with van der Waals surface area (Å²) in [4.78, 5) is 4.68. The molecule has 0 saturated heterocycles. The topological polar surface area (TPSA) is 68.9 Å². The van der Waals surface area contributed by atoms with Crippen molar-refractivity contribution >= 4 is 5.65 Å². The number of hydrogen-bond donors (Lipinski definition) is 1. The molecule has 0 unspecified atom stereocenters. The lowest BCUT2D eigenvalue weighted by Crippen LogP contribution is -2.04. The molecule has 6 heteroatoms. The number of benzene rings is 2. The molecule has 0 fully saturated rings. The van der Waals surface area contributed by atoms with E-state index in [-0.39, 0.29) is 17.6 Å². The Kier molecular flexibility index (Phi) is 6.02. The molecule has 0 aliphatic rings. The van der Waals surface area contributed by atoms with Crippen LogP contribution in [0.25, 0.3) is 28.0 Å². The molecule has 1 N–H and O–H groups in total. The van der Waals surface area contributed by atoms with Crippen molar-refractivity contribution in [3.63, 3.8) is 0 Å². The molecule has 172 valence electrons. The minimum atomic E-state index is 0.123. The molecular formula is C27H31N3O3. The van der Waals surface area contributed by atoms with Crippen molar-refractivity contribution in [2.24, 2.45) is 0 Å². The van der Waals surface area contributed by atoms with Crippen LogP contribution in [-0.4, -0.2) is 33.9 Å². The van der Waals surface area contributed by atoms with Crippen molar-refractivity contribution in [1.82, 2.24) is 14.6 Å². The SMILES string of the molecule is COc1ccc(-c2c(-c3cc(C(C)C)c(OC)c(C(C)C)c3)cnc3cc(C)nn23)c(O)c1. The Bertz CT molecular complexity index is 1290. The number of ether oxygens (including phenoxy) is 2. The minimum absolute atomic E-state index is 0.123. The summed E-state index contributed by atoms with van der Waals surface area (Å²) in [6.07, 6.45) is 1.87. The van der Waals surface area contributed by atoms with Crippen LogP contribution in [0.3, 0.4) is 0 Å². The molecule has 6 nitrogen and oxygen atoms in total. The molecule has 0 aliphatic carbocycles. The Labute approximate surface area is 194 Å². The van der Waals surface area contributed by atoms with Gasteiger partial charge in [-0.25, -0.2) is 9.50 Å². The van der Waals surface area contributed by atoms with Gasteiger partial charge in [0, 0.05) is 29.5 Å². The first-order valence-corrected chi connectivity index (χ1v) is 11.2. The average Bonchev–Trinajstić information content (AvgIpc) is 3.17. The van der Waals surface area contributed by atoms with Crippen molar-refractivity contribution in [3.8, 4) is 39.6 Å². The van der Waals surface area contributed by atoms with E-state index in [1.54, 1.807) is 24.8 Å². The largest absolute Gasteiger partial charge is 0.507 e. The first-order valence-electron chi connectivity index (χ1n) is 11.2. The standard InChI is InChI=1S/C27H31N3O3/c1-15(2)21-11-18(12-22(16(3)4)27(21)33-7)23-14-28-25-10-17(5)29-30(25)26(23)20-9-8-19(32-6)13-24(20)31/h8-16,31H,1-7H3. The highest BCUT2D eigenvalue weighted by Crippen LogP contribution is 2.43. The van der Waals surface area contributed by atoms with Crippen molar-refractivity contribution < 1.29 is 14.6 Å². The maximum Gasteiger partial charge on any atom is 0.155 e. The fourth-order valence-electron chi connectivity index (χ4n) is 4.28. The maximum atomic E-state index is 10.9. The highest BCUT2D eigenvalue weighted by Gasteiger charge is 2.22. The van der Waals surface area contributed by atoms with Gasteiger partial charge < -0.3 is 14.6 Å². The number of aryl methyl sites for hydroxylation is 1. The summed E-state index contributed by atoms with van der Waals surface area (Å²) < 4.78 is 12.9. The normalized spacial score (nSPS) is 11.5. The summed E-state index contributed by atoms with van der Waals surface area (Å²) >= 11 is 0. The molecule has 4 rings (SSSR count). The quantitative estimate of drug-likeness (QED) is 0.375. The summed E-state index contributed by atoms with van der Waals surface area (Å²) in [5.41, 5.74) is 7.20. The number of phenols is 1. The van der Waals surface area contributed by atoms with Gasteiger partial charge in [-0.3, -0.25) is 0 Å². The fraction of sp³-hybridized carbons (Fsp3) is 0.333. The molecule has 0 aliphatic heterocycles. The van der Waals surface area contributed by atoms with Gasteiger partial charge in [0.1, 0.15) is 17.2 Å². The monoisotopic (exact) mass is 445 g/mol. The molecule has 4 aromatic rings. The van der Waals surface area contributed by atoms with Gasteiger partial charge in [-0.15, -0.1) is 0 Å². The Hall–Kier alpha value is -3.54. The number of hydrogen-bond acceptors (Lipinski definition) is 5. The number of nitrogens with zero attached hydrogens (tertiary/aromatic N) is 3. The second-order valence-electron chi connectivity index (χ2n) is 8.96. The van der Waals surface area contributed by atoms with Crippen LogP contribution in [-0.2, 0) is 0 Å². The first-order chi connectivity index (χ1) is 15.7. The summed E-state index contributed by atoms with van der Waals surface area (Å²) in [5.74, 6) is 2.20. The molecule has 33 heavy (non-hydrogen) atoms. The van der Waals surface area contributed by atoms with E-state index in [0.29, 0.717) is 11.3 Å². The van der Waals surface area contributed by atoms with Gasteiger partial charge >= 0.3 is 0 Å². The zero-order chi connectivity index (χ0) is 23.9. The minimum Gasteiger partial charge on any atom is -0.507 e. The van der Waals surface area contributed by atoms with Gasteiger partial charge in [-0.2, -0.15) is 5.10 Å². The zero-order valence-electron chi connectivity index (χ0n) is 20.3. The molecule has 0 bridgehead atoms. The van der Waals surface area contributed by atoms with E-state index in [9.17, 15) is 5.11 Å². The van der Waals surface area contributed by atoms with E-state index in [4.69, 9.17) is 14.6 Å².